The van der Waals surface area contributed by atoms with E-state index in [2.05, 4.69) is 52.8 Å². The molecule has 2 heterocycles. The third kappa shape index (κ3) is 30.6. The van der Waals surface area contributed by atoms with Crippen molar-refractivity contribution in [2.45, 2.75) is 172 Å². The molecule has 696 valence electrons. The highest BCUT2D eigenvalue weighted by Gasteiger charge is 2.42. The number of amides is 15. The van der Waals surface area contributed by atoms with Crippen LogP contribution in [0.15, 0.2) is 164 Å². The van der Waals surface area contributed by atoms with E-state index < -0.39 is 199 Å². The van der Waals surface area contributed by atoms with Gasteiger partial charge in [0.15, 0.2) is 0 Å². The van der Waals surface area contributed by atoms with Gasteiger partial charge in [-0.05, 0) is 111 Å². The number of hydrogen-bond acceptors (Lipinski definition) is 19. The molecule has 37 heteroatoms. The summed E-state index contributed by atoms with van der Waals surface area (Å²) in [6.45, 7) is 6.17. The quantitative estimate of drug-likeness (QED) is 0.0409. The van der Waals surface area contributed by atoms with Gasteiger partial charge in [-0.15, -0.1) is 11.8 Å². The van der Waals surface area contributed by atoms with Crippen LogP contribution in [0.4, 0.5) is 0 Å². The first-order chi connectivity index (χ1) is 61.8. The van der Waals surface area contributed by atoms with Gasteiger partial charge in [0.25, 0.3) is 0 Å². The zero-order chi connectivity index (χ0) is 95.2. The number of fused-ring (bicyclic) bond motifs is 1. The number of carboxylic acids is 1. The number of unbranched alkanes of at least 4 members (excludes halogenated alkanes) is 1. The number of nitrogens with one attached hydrogen (secondary N) is 10. The number of likely N-dealkylation sites (N-methyl/N-ethyl adjacent to an activating group) is 5. The number of phenolic OH excluding ortho intramolecular Hbond substituents is 2. The number of thioether (sulfide) groups is 1. The Kier molecular flexibility index (Phi) is 39.1. The molecule has 1 aliphatic heterocycles. The summed E-state index contributed by atoms with van der Waals surface area (Å²) in [6.07, 6.45) is 0.0814. The highest BCUT2D eigenvalue weighted by Crippen LogP contribution is 2.26. The Balaban J connectivity index is 1.22. The molecule has 0 aliphatic carbocycles. The normalized spacial score (nSPS) is 21.8. The van der Waals surface area contributed by atoms with Crippen LogP contribution >= 0.6 is 34.4 Å². The van der Waals surface area contributed by atoms with Crippen LogP contribution in [0, 0.1) is 15.4 Å². The number of halogens is 1. The Labute approximate surface area is 772 Å². The third-order valence-corrected chi connectivity index (χ3v) is 24.0. The van der Waals surface area contributed by atoms with Crippen molar-refractivity contribution >= 4 is 140 Å². The minimum absolute atomic E-state index is 0.0294. The predicted molar refractivity (Wildman–Crippen MR) is 495 cm³/mol. The van der Waals surface area contributed by atoms with Crippen LogP contribution in [0.1, 0.15) is 100 Å². The molecule has 0 bridgehead atoms. The molecule has 15 N–H and O–H groups in total. The number of para-hydroxylation sites is 1. The molecule has 1 saturated heterocycles. The van der Waals surface area contributed by atoms with Gasteiger partial charge in [0, 0.05) is 96.6 Å². The maximum Gasteiger partial charge on any atom is 0.305 e. The number of carboxylic acid groups (broad SMARTS) is 1. The number of primary amides is 1. The number of carbonyl (C=O) groups excluding carboxylic acids is 15. The van der Waals surface area contributed by atoms with Gasteiger partial charge >= 0.3 is 5.97 Å². The van der Waals surface area contributed by atoms with E-state index >= 15 is 38.4 Å². The summed E-state index contributed by atoms with van der Waals surface area (Å²) in [5, 5.41) is 55.9. The first kappa shape index (κ1) is 102. The Bertz CT molecular complexity index is 5150. The van der Waals surface area contributed by atoms with Crippen molar-refractivity contribution in [2.24, 2.45) is 17.6 Å². The van der Waals surface area contributed by atoms with E-state index in [9.17, 15) is 53.7 Å². The van der Waals surface area contributed by atoms with Crippen molar-refractivity contribution in [2.75, 3.05) is 66.4 Å². The summed E-state index contributed by atoms with van der Waals surface area (Å²) in [5.74, 6) is -17.4. The second-order valence-electron chi connectivity index (χ2n) is 33.2. The summed E-state index contributed by atoms with van der Waals surface area (Å²) in [4.78, 5) is 244. The average molecular weight is 1920 g/mol. The summed E-state index contributed by atoms with van der Waals surface area (Å²) in [5.41, 5.74) is 9.12. The molecule has 15 amide bonds. The first-order valence-corrected chi connectivity index (χ1v) is 45.0. The standard InChI is InChI=1S/C93H117IN16O19S/c1-11-12-32-73-91(127)107(7)51-79(115)99-69(47-81(117)118)87(123)105-82(55(4)5)93(129)109(9)74(44-57-26-18-14-19-27-57)88(124)103-70(43-60-35-38-76(112)64(94)40-60)89(125)106(6)50-78(114)98-68(46-61-48-96-65-31-23-22-30-63(61)65)86(122)102-67(41-59-33-36-62(111)37-34-59)85(121)101-66(39-54(2)3)84(120)104-72(83(119)97-49-77(95)113)52-130-53-80(116)100-71(42-56-24-16-13-17-25-56)90(126)110(10)75(92(128)108(73)8)45-58-28-20-15-21-29-58/h13-31,33-38,40,48,54-55,66-75,82,96,111-112H,11-12,32,39,41-47,49-53H2,1-10H3,(H2,95,113)(H,97,119)(H,98,114)(H,99,115)(H,100,116)(H,101,121)(H,102,122)(H,103,124)(H,104,120)(H,105,123)(H,117,118)/t66-,67-,68-,69-,70-,71-,72-,73-,74-,75-,82-/m0/s1. The van der Waals surface area contributed by atoms with E-state index in [1.54, 1.807) is 155 Å². The monoisotopic (exact) mass is 1920 g/mol. The number of carbonyl (C=O) groups is 16. The summed E-state index contributed by atoms with van der Waals surface area (Å²) in [7, 11) is 6.54. The van der Waals surface area contributed by atoms with Crippen molar-refractivity contribution in [1.29, 1.82) is 0 Å². The molecule has 0 spiro atoms. The fourth-order valence-electron chi connectivity index (χ4n) is 15.0. The molecule has 0 unspecified atom stereocenters. The van der Waals surface area contributed by atoms with E-state index in [0.717, 1.165) is 26.5 Å². The fourth-order valence-corrected chi connectivity index (χ4v) is 16.4. The number of nitrogens with two attached hydrogens (primary N) is 1. The van der Waals surface area contributed by atoms with Gasteiger partial charge in [0.05, 0.1) is 35.4 Å². The van der Waals surface area contributed by atoms with E-state index in [1.165, 1.54) is 81.4 Å². The lowest BCUT2D eigenvalue weighted by atomic mass is 9.98. The lowest BCUT2D eigenvalue weighted by Gasteiger charge is -2.37. The van der Waals surface area contributed by atoms with Crippen LogP contribution in [0.2, 0.25) is 0 Å². The van der Waals surface area contributed by atoms with Crippen LogP contribution in [0.5, 0.6) is 11.5 Å². The maximum atomic E-state index is 15.5. The molecule has 1 aliphatic rings. The van der Waals surface area contributed by atoms with E-state index in [-0.39, 0.29) is 74.5 Å². The number of phenols is 2. The fraction of sp³-hybridized carbons (Fsp3) is 0.419. The molecular formula is C93H117IN16O19S. The number of rotatable bonds is 23. The van der Waals surface area contributed by atoms with Gasteiger partial charge in [0.2, 0.25) is 88.6 Å². The summed E-state index contributed by atoms with van der Waals surface area (Å²) < 4.78 is 0.360. The van der Waals surface area contributed by atoms with Crippen molar-refractivity contribution in [1.82, 2.24) is 77.3 Å². The van der Waals surface area contributed by atoms with Gasteiger partial charge < -0.3 is 98.4 Å². The Hall–Kier alpha value is -12.9. The molecular weight excluding hydrogens is 1800 g/mol. The molecule has 0 saturated carbocycles. The van der Waals surface area contributed by atoms with Crippen LogP contribution in [-0.4, -0.2) is 272 Å². The van der Waals surface area contributed by atoms with Crippen molar-refractivity contribution in [3.05, 3.63) is 201 Å². The SMILES string of the molecule is CCCC[C@H]1C(=O)N(C)CC(=O)N[C@@H](CC(=O)O)C(=O)N[C@@H](C(C)C)C(=O)N(C)[C@@H](Cc2ccccc2)C(=O)N[C@@H](Cc2ccc(O)c(I)c2)C(=O)N(C)CC(=O)N[C@@H](Cc2c[nH]c3ccccc23)C(=O)N[C@@H](Cc2ccc(O)cc2)C(=O)N[C@@H](CC(C)C)C(=O)N[C@H](C(=O)NCC(N)=O)CSCC(=O)N[C@@H](Cc2ccccc2)C(=O)N(C)[C@@H](Cc2ccccc2)C(=O)N1C. The predicted octanol–water partition coefficient (Wildman–Crippen LogP) is 2.93. The number of aliphatic carboxylic acids is 1. The number of H-pyrrole nitrogens is 1. The number of aromatic amines is 1. The Morgan fingerprint density at radius 3 is 1.55 bits per heavy atom. The highest BCUT2D eigenvalue weighted by molar-refractivity contribution is 14.1. The van der Waals surface area contributed by atoms with Crippen LogP contribution in [0.25, 0.3) is 10.9 Å². The van der Waals surface area contributed by atoms with Crippen molar-refractivity contribution < 1.29 is 92.0 Å². The molecule has 1 aromatic heterocycles. The molecule has 11 atom stereocenters. The lowest BCUT2D eigenvalue weighted by Crippen LogP contribution is -2.61. The molecule has 1 fully saturated rings. The minimum atomic E-state index is -1.91. The zero-order valence-corrected chi connectivity index (χ0v) is 77.4. The van der Waals surface area contributed by atoms with Gasteiger partial charge in [-0.3, -0.25) is 76.7 Å². The molecule has 8 rings (SSSR count). The largest absolute Gasteiger partial charge is 0.508 e. The Morgan fingerprint density at radius 2 is 0.969 bits per heavy atom. The molecule has 130 heavy (non-hydrogen) atoms. The van der Waals surface area contributed by atoms with E-state index in [4.69, 9.17) is 5.73 Å². The lowest BCUT2D eigenvalue weighted by molar-refractivity contribution is -0.151. The molecule has 35 nitrogen and oxygen atoms in total. The smallest absolute Gasteiger partial charge is 0.305 e. The van der Waals surface area contributed by atoms with E-state index in [0.29, 0.717) is 60.7 Å². The topological polar surface area (TPSA) is 500 Å². The first-order valence-electron chi connectivity index (χ1n) is 42.8. The van der Waals surface area contributed by atoms with Crippen LogP contribution in [0.3, 0.4) is 0 Å². The van der Waals surface area contributed by atoms with Crippen molar-refractivity contribution in [3.63, 3.8) is 0 Å². The number of aromatic hydroxyl groups is 2. The van der Waals surface area contributed by atoms with Crippen molar-refractivity contribution in [3.8, 4) is 11.5 Å². The summed E-state index contributed by atoms with van der Waals surface area (Å²) >= 11 is 2.71. The number of hydrogen-bond donors (Lipinski definition) is 14. The zero-order valence-electron chi connectivity index (χ0n) is 74.4. The molecule has 7 aromatic rings. The average Bonchev–Trinajstić information content (AvgIpc) is 1.53. The molecule has 6 aromatic carbocycles. The van der Waals surface area contributed by atoms with Gasteiger partial charge in [0.1, 0.15) is 78.0 Å². The van der Waals surface area contributed by atoms with Gasteiger partial charge in [-0.2, -0.15) is 0 Å². The number of nitrogens with zero attached hydrogens (tertiary/aromatic N) is 5. The number of aromatic nitrogens is 1. The van der Waals surface area contributed by atoms with Gasteiger partial charge in [-0.1, -0.05) is 175 Å². The molecule has 0 radical (unpaired) electrons. The minimum Gasteiger partial charge on any atom is -0.508 e. The Morgan fingerprint density at radius 1 is 0.492 bits per heavy atom. The highest BCUT2D eigenvalue weighted by atomic mass is 127. The second kappa shape index (κ2) is 49.6. The third-order valence-electron chi connectivity index (χ3n) is 22.1. The summed E-state index contributed by atoms with van der Waals surface area (Å²) in [6, 6.07) is 26.0. The second-order valence-corrected chi connectivity index (χ2v) is 35.4. The van der Waals surface area contributed by atoms with Gasteiger partial charge in [-0.25, -0.2) is 0 Å². The maximum absolute atomic E-state index is 15.5. The van der Waals surface area contributed by atoms with E-state index in [1.807, 2.05) is 29.5 Å². The van der Waals surface area contributed by atoms with Crippen LogP contribution < -0.4 is 53.6 Å². The number of benzene rings is 6. The van der Waals surface area contributed by atoms with Crippen LogP contribution in [-0.2, 0) is 115 Å².